The Labute approximate surface area is 225 Å². The van der Waals surface area contributed by atoms with Gasteiger partial charge < -0.3 is 37.5 Å². The number of rotatable bonds is 13. The van der Waals surface area contributed by atoms with E-state index in [9.17, 15) is 29.3 Å². The highest BCUT2D eigenvalue weighted by Crippen LogP contribution is 2.25. The standard InChI is InChI=1S/C24H36N8O7/c1-39-23(36)20(31(19(33)14-25)16-6-3-2-4-7-16)22(35)30-18(8-5-13-28-24(26)27)21(34)29-15-9-11-17(12-10-15)32(37)38/h9-12,16,18,20H,2-8,13-14,25H2,1H3,(H,29,34)(H,30,35)(H4,26,27,28)/t18-,20?/m0/s1. The van der Waals surface area contributed by atoms with Crippen LogP contribution in [0.1, 0.15) is 44.9 Å². The number of nitro groups is 1. The number of aliphatic imine (C=N–C) groups is 1. The average molecular weight is 549 g/mol. The zero-order chi connectivity index (χ0) is 28.9. The number of non-ortho nitro benzene ring substituents is 1. The number of methoxy groups -OCH3 is 1. The molecule has 8 N–H and O–H groups in total. The van der Waals surface area contributed by atoms with Gasteiger partial charge in [-0.3, -0.25) is 29.5 Å². The Hall–Kier alpha value is -4.27. The van der Waals surface area contributed by atoms with Crippen LogP contribution < -0.4 is 27.8 Å². The largest absolute Gasteiger partial charge is 0.467 e. The molecule has 1 unspecified atom stereocenters. The molecule has 1 saturated carbocycles. The number of nitrogens with zero attached hydrogens (tertiary/aromatic N) is 3. The van der Waals surface area contributed by atoms with Gasteiger partial charge in [-0.05, 0) is 37.8 Å². The van der Waals surface area contributed by atoms with Crippen molar-refractivity contribution in [1.82, 2.24) is 10.2 Å². The van der Waals surface area contributed by atoms with Gasteiger partial charge >= 0.3 is 5.97 Å². The summed E-state index contributed by atoms with van der Waals surface area (Å²) in [7, 11) is 1.10. The smallest absolute Gasteiger partial charge is 0.338 e. The van der Waals surface area contributed by atoms with Gasteiger partial charge in [0.05, 0.1) is 18.6 Å². The Morgan fingerprint density at radius 2 is 1.77 bits per heavy atom. The van der Waals surface area contributed by atoms with Crippen LogP contribution in [0.25, 0.3) is 0 Å². The fourth-order valence-corrected chi connectivity index (χ4v) is 4.40. The molecule has 0 aromatic heterocycles. The maximum Gasteiger partial charge on any atom is 0.338 e. The quantitative estimate of drug-likeness (QED) is 0.0411. The third kappa shape index (κ3) is 9.21. The number of ether oxygens (including phenoxy) is 1. The number of hydrogen-bond acceptors (Lipinski definition) is 9. The van der Waals surface area contributed by atoms with Crippen LogP contribution in [0.2, 0.25) is 0 Å². The van der Waals surface area contributed by atoms with Crippen molar-refractivity contribution in [2.45, 2.75) is 63.1 Å². The summed E-state index contributed by atoms with van der Waals surface area (Å²) in [6.45, 7) is -0.250. The number of amides is 3. The second kappa shape index (κ2) is 15.2. The SMILES string of the molecule is COC(=O)C(C(=O)N[C@@H](CCCN=C(N)N)C(=O)Nc1ccc([N+](=O)[O-])cc1)N(C(=O)CN)C1CCCCC1. The fourth-order valence-electron chi connectivity index (χ4n) is 4.40. The van der Waals surface area contributed by atoms with Crippen molar-refractivity contribution in [2.24, 2.45) is 22.2 Å². The lowest BCUT2D eigenvalue weighted by Crippen LogP contribution is -2.61. The molecule has 214 valence electrons. The number of esters is 1. The summed E-state index contributed by atoms with van der Waals surface area (Å²) >= 11 is 0. The summed E-state index contributed by atoms with van der Waals surface area (Å²) in [5, 5.41) is 16.1. The fraction of sp³-hybridized carbons (Fsp3) is 0.542. The van der Waals surface area contributed by atoms with Crippen molar-refractivity contribution < 1.29 is 28.8 Å². The molecule has 0 heterocycles. The number of nitrogens with one attached hydrogen (secondary N) is 2. The zero-order valence-electron chi connectivity index (χ0n) is 21.8. The van der Waals surface area contributed by atoms with Gasteiger partial charge in [-0.1, -0.05) is 19.3 Å². The van der Waals surface area contributed by atoms with Crippen molar-refractivity contribution in [3.63, 3.8) is 0 Å². The first-order valence-electron chi connectivity index (χ1n) is 12.6. The molecule has 3 amide bonds. The van der Waals surface area contributed by atoms with E-state index in [1.54, 1.807) is 0 Å². The third-order valence-electron chi connectivity index (χ3n) is 6.31. The lowest BCUT2D eigenvalue weighted by atomic mass is 9.92. The zero-order valence-corrected chi connectivity index (χ0v) is 21.8. The van der Waals surface area contributed by atoms with Gasteiger partial charge in [-0.2, -0.15) is 0 Å². The van der Waals surface area contributed by atoms with Crippen LogP contribution in [0.15, 0.2) is 29.3 Å². The topological polar surface area (TPSA) is 238 Å². The molecular weight excluding hydrogens is 512 g/mol. The normalized spacial score (nSPS) is 14.8. The maximum absolute atomic E-state index is 13.5. The summed E-state index contributed by atoms with van der Waals surface area (Å²) < 4.78 is 4.86. The molecule has 2 rings (SSSR count). The molecule has 0 aliphatic heterocycles. The lowest BCUT2D eigenvalue weighted by molar-refractivity contribution is -0.384. The molecular formula is C24H36N8O7. The number of carbonyl (C=O) groups is 4. The van der Waals surface area contributed by atoms with Crippen LogP contribution in [0.4, 0.5) is 11.4 Å². The molecule has 0 spiro atoms. The molecule has 15 nitrogen and oxygen atoms in total. The van der Waals surface area contributed by atoms with Crippen molar-refractivity contribution >= 4 is 41.0 Å². The summed E-state index contributed by atoms with van der Waals surface area (Å²) in [6.07, 6.45) is 4.15. The van der Waals surface area contributed by atoms with Crippen LogP contribution in [0, 0.1) is 10.1 Å². The number of nitrogens with two attached hydrogens (primary N) is 3. The number of guanidine groups is 1. The predicted molar refractivity (Wildman–Crippen MR) is 142 cm³/mol. The molecule has 1 aromatic carbocycles. The highest BCUT2D eigenvalue weighted by molar-refractivity contribution is 6.07. The number of carbonyl (C=O) groups excluding carboxylic acids is 4. The second-order valence-electron chi connectivity index (χ2n) is 9.03. The van der Waals surface area contributed by atoms with E-state index in [-0.39, 0.29) is 42.8 Å². The molecule has 1 aliphatic rings. The Morgan fingerprint density at radius 1 is 1.13 bits per heavy atom. The van der Waals surface area contributed by atoms with E-state index in [1.165, 1.54) is 29.2 Å². The number of hydrogen-bond donors (Lipinski definition) is 5. The highest BCUT2D eigenvalue weighted by atomic mass is 16.6. The molecule has 0 radical (unpaired) electrons. The number of anilines is 1. The van der Waals surface area contributed by atoms with Gasteiger partial charge in [0.1, 0.15) is 6.04 Å². The van der Waals surface area contributed by atoms with Crippen LogP contribution in [-0.4, -0.2) is 77.8 Å². The predicted octanol–water partition coefficient (Wildman–Crippen LogP) is -0.267. The first-order valence-corrected chi connectivity index (χ1v) is 12.6. The Morgan fingerprint density at radius 3 is 2.31 bits per heavy atom. The number of nitro benzene ring substituents is 1. The third-order valence-corrected chi connectivity index (χ3v) is 6.31. The maximum atomic E-state index is 13.5. The van der Waals surface area contributed by atoms with Gasteiger partial charge in [-0.25, -0.2) is 4.79 Å². The first kappa shape index (κ1) is 31.0. The Bertz CT molecular complexity index is 1050. The van der Waals surface area contributed by atoms with Crippen molar-refractivity contribution in [3.05, 3.63) is 34.4 Å². The van der Waals surface area contributed by atoms with E-state index in [0.29, 0.717) is 12.8 Å². The van der Waals surface area contributed by atoms with E-state index in [4.69, 9.17) is 21.9 Å². The van der Waals surface area contributed by atoms with Crippen LogP contribution in [0.3, 0.4) is 0 Å². The molecule has 15 heteroatoms. The van der Waals surface area contributed by atoms with Gasteiger partial charge in [0.15, 0.2) is 5.96 Å². The molecule has 0 saturated heterocycles. The van der Waals surface area contributed by atoms with Crippen LogP contribution >= 0.6 is 0 Å². The Kier molecular flexibility index (Phi) is 12.1. The van der Waals surface area contributed by atoms with Crippen molar-refractivity contribution in [3.8, 4) is 0 Å². The molecule has 1 fully saturated rings. The van der Waals surface area contributed by atoms with Gasteiger partial charge in [0.25, 0.3) is 11.6 Å². The van der Waals surface area contributed by atoms with Crippen LogP contribution in [-0.2, 0) is 23.9 Å². The first-order chi connectivity index (χ1) is 18.6. The van der Waals surface area contributed by atoms with E-state index in [0.717, 1.165) is 26.4 Å². The molecule has 1 aromatic rings. The summed E-state index contributed by atoms with van der Waals surface area (Å²) in [4.78, 5) is 67.7. The highest BCUT2D eigenvalue weighted by Gasteiger charge is 2.42. The van der Waals surface area contributed by atoms with Crippen molar-refractivity contribution in [2.75, 3.05) is 25.5 Å². The van der Waals surface area contributed by atoms with Gasteiger partial charge in [-0.15, -0.1) is 0 Å². The molecule has 0 bridgehead atoms. The molecule has 1 aliphatic carbocycles. The Balaban J connectivity index is 2.30. The monoisotopic (exact) mass is 548 g/mol. The van der Waals surface area contributed by atoms with Gasteiger partial charge in [0, 0.05) is 30.4 Å². The van der Waals surface area contributed by atoms with Gasteiger partial charge in [0.2, 0.25) is 17.9 Å². The minimum absolute atomic E-state index is 0.0729. The van der Waals surface area contributed by atoms with E-state index in [1.807, 2.05) is 0 Å². The second-order valence-corrected chi connectivity index (χ2v) is 9.03. The minimum Gasteiger partial charge on any atom is -0.467 e. The minimum atomic E-state index is -1.65. The molecule has 39 heavy (non-hydrogen) atoms. The van der Waals surface area contributed by atoms with E-state index >= 15 is 0 Å². The van der Waals surface area contributed by atoms with Crippen LogP contribution in [0.5, 0.6) is 0 Å². The number of benzene rings is 1. The van der Waals surface area contributed by atoms with Crippen molar-refractivity contribution in [1.29, 1.82) is 0 Å². The summed E-state index contributed by atoms with van der Waals surface area (Å²) in [5.41, 5.74) is 16.4. The summed E-state index contributed by atoms with van der Waals surface area (Å²) in [6, 6.07) is 1.91. The molecule has 2 atom stereocenters. The lowest BCUT2D eigenvalue weighted by Gasteiger charge is -2.38. The van der Waals surface area contributed by atoms with E-state index in [2.05, 4.69) is 15.6 Å². The summed E-state index contributed by atoms with van der Waals surface area (Å²) in [5.74, 6) is -3.25. The van der Waals surface area contributed by atoms with E-state index < -0.39 is 47.2 Å². The average Bonchev–Trinajstić information content (AvgIpc) is 2.92.